The van der Waals surface area contributed by atoms with Crippen LogP contribution in [0.3, 0.4) is 0 Å². The zero-order valence-corrected chi connectivity index (χ0v) is 9.37. The second-order valence-corrected chi connectivity index (χ2v) is 3.86. The van der Waals surface area contributed by atoms with Gasteiger partial charge in [0.1, 0.15) is 0 Å². The molecule has 0 radical (unpaired) electrons. The monoisotopic (exact) mass is 201 g/mol. The van der Waals surface area contributed by atoms with Gasteiger partial charge < -0.3 is 4.57 Å². The first kappa shape index (κ1) is 9.97. The largest absolute Gasteiger partial charge is 0.347 e. The Bertz CT molecular complexity index is 523. The van der Waals surface area contributed by atoms with Gasteiger partial charge in [0.05, 0.1) is 5.52 Å². The molecule has 0 fully saturated rings. The van der Waals surface area contributed by atoms with Gasteiger partial charge in [-0.1, -0.05) is 12.1 Å². The van der Waals surface area contributed by atoms with Crippen molar-refractivity contribution in [3.63, 3.8) is 0 Å². The summed E-state index contributed by atoms with van der Waals surface area (Å²) in [5.74, 6) is 0.133. The standard InChI is InChI=1S/C13H15NO/c1-4-14-8-9(2)11-6-5-7-12(10(3)15)13(11)14/h5-8H,4H2,1-3H3. The van der Waals surface area contributed by atoms with Crippen LogP contribution >= 0.6 is 0 Å². The van der Waals surface area contributed by atoms with E-state index in [0.29, 0.717) is 0 Å². The predicted octanol–water partition coefficient (Wildman–Crippen LogP) is 3.17. The van der Waals surface area contributed by atoms with Crippen LogP contribution in [0.2, 0.25) is 0 Å². The molecule has 2 rings (SSSR count). The number of carbonyl (C=O) groups is 1. The molecule has 0 amide bonds. The second-order valence-electron chi connectivity index (χ2n) is 3.86. The Labute approximate surface area is 89.5 Å². The summed E-state index contributed by atoms with van der Waals surface area (Å²) in [6.45, 7) is 6.69. The molecule has 0 N–H and O–H groups in total. The smallest absolute Gasteiger partial charge is 0.161 e. The Morgan fingerprint density at radius 2 is 2.13 bits per heavy atom. The Balaban J connectivity index is 2.88. The fourth-order valence-corrected chi connectivity index (χ4v) is 2.07. The molecule has 0 saturated carbocycles. The fraction of sp³-hybridized carbons (Fsp3) is 0.308. The molecule has 0 atom stereocenters. The summed E-state index contributed by atoms with van der Waals surface area (Å²) in [6.07, 6.45) is 2.11. The van der Waals surface area contributed by atoms with E-state index in [1.807, 2.05) is 12.1 Å². The number of para-hydroxylation sites is 1. The number of benzene rings is 1. The SMILES string of the molecule is CCn1cc(C)c2cccc(C(C)=O)c21. The Kier molecular flexibility index (Phi) is 2.35. The summed E-state index contributed by atoms with van der Waals surface area (Å²) in [4.78, 5) is 11.5. The molecule has 2 nitrogen and oxygen atoms in total. The molecule has 0 aliphatic rings. The minimum absolute atomic E-state index is 0.133. The van der Waals surface area contributed by atoms with E-state index in [1.54, 1.807) is 6.92 Å². The maximum atomic E-state index is 11.5. The Morgan fingerprint density at radius 3 is 2.73 bits per heavy atom. The van der Waals surface area contributed by atoms with Gasteiger partial charge in [-0.3, -0.25) is 4.79 Å². The summed E-state index contributed by atoms with van der Waals surface area (Å²) in [5.41, 5.74) is 3.13. The number of nitrogens with zero attached hydrogens (tertiary/aromatic N) is 1. The molecule has 2 aromatic rings. The highest BCUT2D eigenvalue weighted by Gasteiger charge is 2.11. The van der Waals surface area contributed by atoms with Crippen LogP contribution in [0.1, 0.15) is 29.8 Å². The third kappa shape index (κ3) is 1.46. The minimum atomic E-state index is 0.133. The van der Waals surface area contributed by atoms with Gasteiger partial charge in [-0.05, 0) is 32.4 Å². The number of carbonyl (C=O) groups excluding carboxylic acids is 1. The topological polar surface area (TPSA) is 22.0 Å². The normalized spacial score (nSPS) is 10.9. The summed E-state index contributed by atoms with van der Waals surface area (Å²) in [6, 6.07) is 5.92. The van der Waals surface area contributed by atoms with Crippen molar-refractivity contribution in [2.45, 2.75) is 27.3 Å². The van der Waals surface area contributed by atoms with Gasteiger partial charge in [0.2, 0.25) is 0 Å². The van der Waals surface area contributed by atoms with E-state index >= 15 is 0 Å². The summed E-state index contributed by atoms with van der Waals surface area (Å²) in [7, 11) is 0. The molecule has 0 unspecified atom stereocenters. The number of ketones is 1. The lowest BCUT2D eigenvalue weighted by Crippen LogP contribution is -1.99. The van der Waals surface area contributed by atoms with Gasteiger partial charge in [0, 0.05) is 23.7 Å². The molecule has 1 aromatic carbocycles. The average molecular weight is 201 g/mol. The van der Waals surface area contributed by atoms with Crippen LogP contribution in [0, 0.1) is 6.92 Å². The Hall–Kier alpha value is -1.57. The van der Waals surface area contributed by atoms with Crippen molar-refractivity contribution in [3.8, 4) is 0 Å². The lowest BCUT2D eigenvalue weighted by atomic mass is 10.1. The fourth-order valence-electron chi connectivity index (χ4n) is 2.07. The van der Waals surface area contributed by atoms with E-state index in [2.05, 4.69) is 30.7 Å². The minimum Gasteiger partial charge on any atom is -0.347 e. The number of hydrogen-bond acceptors (Lipinski definition) is 1. The van der Waals surface area contributed by atoms with Crippen molar-refractivity contribution >= 4 is 16.7 Å². The van der Waals surface area contributed by atoms with Crippen molar-refractivity contribution < 1.29 is 4.79 Å². The highest BCUT2D eigenvalue weighted by Crippen LogP contribution is 2.24. The van der Waals surface area contributed by atoms with E-state index in [-0.39, 0.29) is 5.78 Å². The molecule has 78 valence electrons. The molecular weight excluding hydrogens is 186 g/mol. The van der Waals surface area contributed by atoms with Gasteiger partial charge in [-0.2, -0.15) is 0 Å². The van der Waals surface area contributed by atoms with E-state index in [9.17, 15) is 4.79 Å². The van der Waals surface area contributed by atoms with Crippen molar-refractivity contribution in [1.29, 1.82) is 0 Å². The molecular formula is C13H15NO. The second kappa shape index (κ2) is 3.54. The molecule has 0 aliphatic carbocycles. The van der Waals surface area contributed by atoms with Crippen LogP contribution in [0.25, 0.3) is 10.9 Å². The molecule has 0 bridgehead atoms. The van der Waals surface area contributed by atoms with E-state index in [4.69, 9.17) is 0 Å². The van der Waals surface area contributed by atoms with E-state index in [1.165, 1.54) is 10.9 Å². The van der Waals surface area contributed by atoms with E-state index in [0.717, 1.165) is 17.6 Å². The Morgan fingerprint density at radius 1 is 1.40 bits per heavy atom. The maximum absolute atomic E-state index is 11.5. The number of hydrogen-bond donors (Lipinski definition) is 0. The zero-order chi connectivity index (χ0) is 11.0. The third-order valence-corrected chi connectivity index (χ3v) is 2.82. The molecule has 1 heterocycles. The summed E-state index contributed by atoms with van der Waals surface area (Å²) < 4.78 is 2.14. The van der Waals surface area contributed by atoms with Crippen LogP contribution in [0.15, 0.2) is 24.4 Å². The van der Waals surface area contributed by atoms with Crippen molar-refractivity contribution in [1.82, 2.24) is 4.57 Å². The molecule has 1 aromatic heterocycles. The van der Waals surface area contributed by atoms with Crippen LogP contribution in [-0.2, 0) is 6.54 Å². The first-order valence-corrected chi connectivity index (χ1v) is 5.24. The highest BCUT2D eigenvalue weighted by atomic mass is 16.1. The van der Waals surface area contributed by atoms with E-state index < -0.39 is 0 Å². The third-order valence-electron chi connectivity index (χ3n) is 2.82. The molecule has 15 heavy (non-hydrogen) atoms. The lowest BCUT2D eigenvalue weighted by Gasteiger charge is -2.04. The van der Waals surface area contributed by atoms with Gasteiger partial charge in [0.25, 0.3) is 0 Å². The van der Waals surface area contributed by atoms with Crippen LogP contribution < -0.4 is 0 Å². The van der Waals surface area contributed by atoms with Crippen molar-refractivity contribution in [2.24, 2.45) is 0 Å². The van der Waals surface area contributed by atoms with Crippen molar-refractivity contribution in [2.75, 3.05) is 0 Å². The number of aromatic nitrogens is 1. The van der Waals surface area contributed by atoms with Crippen LogP contribution in [0.5, 0.6) is 0 Å². The van der Waals surface area contributed by atoms with Crippen LogP contribution in [0.4, 0.5) is 0 Å². The maximum Gasteiger partial charge on any atom is 0.161 e. The predicted molar refractivity (Wildman–Crippen MR) is 62.4 cm³/mol. The van der Waals surface area contributed by atoms with Gasteiger partial charge in [-0.15, -0.1) is 0 Å². The van der Waals surface area contributed by atoms with Crippen LogP contribution in [-0.4, -0.2) is 10.4 Å². The first-order valence-electron chi connectivity index (χ1n) is 5.24. The van der Waals surface area contributed by atoms with Crippen molar-refractivity contribution in [3.05, 3.63) is 35.5 Å². The average Bonchev–Trinajstić information content (AvgIpc) is 2.55. The number of fused-ring (bicyclic) bond motifs is 1. The summed E-state index contributed by atoms with van der Waals surface area (Å²) >= 11 is 0. The summed E-state index contributed by atoms with van der Waals surface area (Å²) in [5, 5.41) is 1.18. The van der Waals surface area contributed by atoms with Gasteiger partial charge in [0.15, 0.2) is 5.78 Å². The molecule has 0 spiro atoms. The zero-order valence-electron chi connectivity index (χ0n) is 9.37. The molecule has 0 saturated heterocycles. The number of Topliss-reactive ketones (excluding diaryl/α,β-unsaturated/α-hetero) is 1. The van der Waals surface area contributed by atoms with Gasteiger partial charge in [-0.25, -0.2) is 0 Å². The highest BCUT2D eigenvalue weighted by molar-refractivity contribution is 6.06. The first-order chi connectivity index (χ1) is 7.15. The number of rotatable bonds is 2. The van der Waals surface area contributed by atoms with Gasteiger partial charge >= 0.3 is 0 Å². The quantitative estimate of drug-likeness (QED) is 0.684. The molecule has 0 aliphatic heterocycles. The number of aryl methyl sites for hydroxylation is 2. The lowest BCUT2D eigenvalue weighted by molar-refractivity contribution is 0.101. The molecule has 2 heteroatoms.